The van der Waals surface area contributed by atoms with Crippen LogP contribution in [-0.2, 0) is 9.47 Å². The van der Waals surface area contributed by atoms with E-state index >= 15 is 0 Å². The summed E-state index contributed by atoms with van der Waals surface area (Å²) < 4.78 is 11.0. The second-order valence-electron chi connectivity index (χ2n) is 8.94. The standard InChI is InChI=1S/C20H33N3O4/c1-4-16-20(27-17(24)21(16)3)7-10-22(11-8-20)15-12-19(13-15)6-9-23(14-19)18(25)26-5-2/h15-16H,4-14H2,1-3H3. The highest BCUT2D eigenvalue weighted by Crippen LogP contribution is 2.51. The number of piperidine rings is 1. The predicted molar refractivity (Wildman–Crippen MR) is 101 cm³/mol. The van der Waals surface area contributed by atoms with E-state index in [1.54, 1.807) is 4.90 Å². The zero-order valence-corrected chi connectivity index (χ0v) is 16.9. The van der Waals surface area contributed by atoms with Crippen LogP contribution in [0.5, 0.6) is 0 Å². The zero-order chi connectivity index (χ0) is 19.2. The van der Waals surface area contributed by atoms with Crippen LogP contribution in [-0.4, -0.2) is 84.4 Å². The Bertz CT molecular complexity index is 596. The second kappa shape index (κ2) is 6.83. The number of ether oxygens (including phenoxy) is 2. The fourth-order valence-electron chi connectivity index (χ4n) is 5.98. The SMILES string of the molecule is CCOC(=O)N1CCC2(CC(N3CCC4(CC3)OC(=O)N(C)C4CC)C2)C1. The number of likely N-dealkylation sites (N-methyl/N-ethyl adjacent to an activating group) is 1. The summed E-state index contributed by atoms with van der Waals surface area (Å²) in [5.41, 5.74) is 0.0190. The van der Waals surface area contributed by atoms with Gasteiger partial charge in [-0.3, -0.25) is 0 Å². The fraction of sp³-hybridized carbons (Fsp3) is 0.900. The van der Waals surface area contributed by atoms with Crippen molar-refractivity contribution in [2.24, 2.45) is 5.41 Å². The monoisotopic (exact) mass is 379 g/mol. The molecule has 27 heavy (non-hydrogen) atoms. The van der Waals surface area contributed by atoms with E-state index in [0.717, 1.165) is 51.9 Å². The Labute approximate surface area is 161 Å². The number of carbonyl (C=O) groups is 2. The molecule has 7 heteroatoms. The molecule has 1 saturated carbocycles. The molecule has 1 atom stereocenters. The van der Waals surface area contributed by atoms with Crippen molar-refractivity contribution in [1.82, 2.24) is 14.7 Å². The Morgan fingerprint density at radius 2 is 1.89 bits per heavy atom. The summed E-state index contributed by atoms with van der Waals surface area (Å²) in [6.45, 7) is 8.12. The van der Waals surface area contributed by atoms with Gasteiger partial charge in [-0.05, 0) is 38.0 Å². The van der Waals surface area contributed by atoms with Gasteiger partial charge < -0.3 is 24.2 Å². The Morgan fingerprint density at radius 3 is 2.52 bits per heavy atom. The van der Waals surface area contributed by atoms with Gasteiger partial charge in [-0.15, -0.1) is 0 Å². The second-order valence-corrected chi connectivity index (χ2v) is 8.94. The minimum absolute atomic E-state index is 0.157. The molecule has 0 radical (unpaired) electrons. The van der Waals surface area contributed by atoms with Crippen LogP contribution in [0.4, 0.5) is 9.59 Å². The van der Waals surface area contributed by atoms with E-state index in [-0.39, 0.29) is 23.8 Å². The van der Waals surface area contributed by atoms with Crippen molar-refractivity contribution >= 4 is 12.2 Å². The molecule has 152 valence electrons. The predicted octanol–water partition coefficient (Wildman–Crippen LogP) is 2.69. The Hall–Kier alpha value is -1.50. The van der Waals surface area contributed by atoms with Crippen LogP contribution in [0.3, 0.4) is 0 Å². The van der Waals surface area contributed by atoms with Crippen molar-refractivity contribution in [3.05, 3.63) is 0 Å². The Balaban J connectivity index is 1.29. The molecule has 1 unspecified atom stereocenters. The van der Waals surface area contributed by atoms with E-state index in [0.29, 0.717) is 18.1 Å². The highest BCUT2D eigenvalue weighted by Gasteiger charge is 2.56. The first-order valence-corrected chi connectivity index (χ1v) is 10.5. The third-order valence-electron chi connectivity index (χ3n) is 7.50. The highest BCUT2D eigenvalue weighted by atomic mass is 16.6. The van der Waals surface area contributed by atoms with Gasteiger partial charge in [-0.25, -0.2) is 9.59 Å². The van der Waals surface area contributed by atoms with Gasteiger partial charge in [0.15, 0.2) is 0 Å². The molecule has 0 bridgehead atoms. The van der Waals surface area contributed by atoms with E-state index in [2.05, 4.69) is 11.8 Å². The van der Waals surface area contributed by atoms with Gasteiger partial charge in [-0.2, -0.15) is 0 Å². The van der Waals surface area contributed by atoms with Crippen LogP contribution in [0, 0.1) is 5.41 Å². The summed E-state index contributed by atoms with van der Waals surface area (Å²) in [5, 5.41) is 0. The van der Waals surface area contributed by atoms with E-state index < -0.39 is 0 Å². The molecule has 0 N–H and O–H groups in total. The van der Waals surface area contributed by atoms with Gasteiger partial charge in [0.25, 0.3) is 0 Å². The lowest BCUT2D eigenvalue weighted by molar-refractivity contribution is -0.0631. The molecule has 3 heterocycles. The summed E-state index contributed by atoms with van der Waals surface area (Å²) in [4.78, 5) is 30.3. The van der Waals surface area contributed by atoms with Crippen LogP contribution in [0.25, 0.3) is 0 Å². The van der Waals surface area contributed by atoms with E-state index in [1.165, 1.54) is 12.8 Å². The minimum Gasteiger partial charge on any atom is -0.450 e. The van der Waals surface area contributed by atoms with Gasteiger partial charge in [-0.1, -0.05) is 6.92 Å². The van der Waals surface area contributed by atoms with Crippen molar-refractivity contribution in [1.29, 1.82) is 0 Å². The normalized spacial score (nSPS) is 35.6. The van der Waals surface area contributed by atoms with Crippen LogP contribution in [0.1, 0.15) is 52.4 Å². The van der Waals surface area contributed by atoms with E-state index in [9.17, 15) is 9.59 Å². The maximum absolute atomic E-state index is 12.0. The molecule has 2 amide bonds. The molecular weight excluding hydrogens is 346 g/mol. The lowest BCUT2D eigenvalue weighted by Crippen LogP contribution is -2.58. The lowest BCUT2D eigenvalue weighted by atomic mass is 9.64. The average Bonchev–Trinajstić information content (AvgIpc) is 3.16. The van der Waals surface area contributed by atoms with Gasteiger partial charge in [0, 0.05) is 52.1 Å². The summed E-state index contributed by atoms with van der Waals surface area (Å²) in [6, 6.07) is 0.812. The maximum Gasteiger partial charge on any atom is 0.410 e. The number of likely N-dealkylation sites (tertiary alicyclic amines) is 2. The third-order valence-corrected chi connectivity index (χ3v) is 7.50. The molecule has 2 spiro atoms. The van der Waals surface area contributed by atoms with Crippen LogP contribution >= 0.6 is 0 Å². The number of hydrogen-bond donors (Lipinski definition) is 0. The van der Waals surface area contributed by atoms with Gasteiger partial charge in [0.1, 0.15) is 5.60 Å². The minimum atomic E-state index is -0.285. The van der Waals surface area contributed by atoms with Crippen molar-refractivity contribution < 1.29 is 19.1 Å². The first-order chi connectivity index (χ1) is 12.9. The fourth-order valence-corrected chi connectivity index (χ4v) is 5.98. The number of hydrogen-bond acceptors (Lipinski definition) is 5. The van der Waals surface area contributed by atoms with Gasteiger partial charge in [0.05, 0.1) is 12.6 Å². The molecule has 3 aliphatic heterocycles. The Kier molecular flexibility index (Phi) is 4.77. The summed E-state index contributed by atoms with van der Waals surface area (Å²) in [5.74, 6) is 0. The number of rotatable bonds is 3. The van der Waals surface area contributed by atoms with Crippen molar-refractivity contribution in [3.63, 3.8) is 0 Å². The lowest BCUT2D eigenvalue weighted by Gasteiger charge is -2.53. The Morgan fingerprint density at radius 1 is 1.19 bits per heavy atom. The molecule has 1 aliphatic carbocycles. The maximum atomic E-state index is 12.0. The summed E-state index contributed by atoms with van der Waals surface area (Å²) in [7, 11) is 1.86. The van der Waals surface area contributed by atoms with Gasteiger partial charge in [0.2, 0.25) is 0 Å². The number of carbonyl (C=O) groups excluding carboxylic acids is 2. The molecule has 7 nitrogen and oxygen atoms in total. The average molecular weight is 380 g/mol. The third kappa shape index (κ3) is 3.08. The first-order valence-electron chi connectivity index (χ1n) is 10.5. The molecule has 4 rings (SSSR count). The molecule has 4 fully saturated rings. The quantitative estimate of drug-likeness (QED) is 0.754. The topological polar surface area (TPSA) is 62.3 Å². The summed E-state index contributed by atoms with van der Waals surface area (Å²) >= 11 is 0. The van der Waals surface area contributed by atoms with E-state index in [1.807, 2.05) is 18.9 Å². The molecule has 0 aromatic heterocycles. The van der Waals surface area contributed by atoms with Crippen molar-refractivity contribution in [2.75, 3.05) is 39.8 Å². The largest absolute Gasteiger partial charge is 0.450 e. The molecular formula is C20H33N3O4. The molecule has 3 saturated heterocycles. The molecule has 4 aliphatic rings. The molecule has 0 aromatic rings. The van der Waals surface area contributed by atoms with Gasteiger partial charge >= 0.3 is 12.2 Å². The van der Waals surface area contributed by atoms with Crippen LogP contribution < -0.4 is 0 Å². The zero-order valence-electron chi connectivity index (χ0n) is 16.9. The smallest absolute Gasteiger partial charge is 0.410 e. The van der Waals surface area contributed by atoms with Crippen LogP contribution in [0.15, 0.2) is 0 Å². The number of nitrogens with zero attached hydrogens (tertiary/aromatic N) is 3. The highest BCUT2D eigenvalue weighted by molar-refractivity contribution is 5.71. The van der Waals surface area contributed by atoms with Crippen molar-refractivity contribution in [3.8, 4) is 0 Å². The van der Waals surface area contributed by atoms with Crippen LogP contribution in [0.2, 0.25) is 0 Å². The number of amides is 2. The molecule has 0 aromatic carbocycles. The summed E-state index contributed by atoms with van der Waals surface area (Å²) in [6.07, 6.45) is 5.93. The van der Waals surface area contributed by atoms with Crippen molar-refractivity contribution in [2.45, 2.75) is 70.1 Å². The first kappa shape index (κ1) is 18.8. The van der Waals surface area contributed by atoms with E-state index in [4.69, 9.17) is 9.47 Å².